The van der Waals surface area contributed by atoms with E-state index in [9.17, 15) is 4.79 Å². The van der Waals surface area contributed by atoms with Crippen LogP contribution in [0.1, 0.15) is 25.7 Å². The molecule has 2 aliphatic rings. The summed E-state index contributed by atoms with van der Waals surface area (Å²) in [6.45, 7) is 1.09. The van der Waals surface area contributed by atoms with Gasteiger partial charge in [0.15, 0.2) is 0 Å². The number of rotatable bonds is 1. The van der Waals surface area contributed by atoms with E-state index in [4.69, 9.17) is 0 Å². The maximum absolute atomic E-state index is 11.1. The second kappa shape index (κ2) is 4.13. The maximum atomic E-state index is 11.1. The van der Waals surface area contributed by atoms with Gasteiger partial charge in [-0.15, -0.1) is 0 Å². The molecule has 0 amide bonds. The molecular formula is C11H17NO2. The molecule has 14 heavy (non-hydrogen) atoms. The minimum absolute atomic E-state index is 0.217. The Morgan fingerprint density at radius 3 is 3.21 bits per heavy atom. The summed E-state index contributed by atoms with van der Waals surface area (Å²) >= 11 is 0. The lowest BCUT2D eigenvalue weighted by atomic mass is 9.78. The topological polar surface area (TPSA) is 38.3 Å². The lowest BCUT2D eigenvalue weighted by molar-refractivity contribution is -0.134. The van der Waals surface area contributed by atoms with Crippen LogP contribution in [0.2, 0.25) is 0 Å². The van der Waals surface area contributed by atoms with E-state index in [1.807, 2.05) is 0 Å². The van der Waals surface area contributed by atoms with Gasteiger partial charge in [0.25, 0.3) is 0 Å². The first-order valence-corrected chi connectivity index (χ1v) is 5.31. The van der Waals surface area contributed by atoms with Crippen LogP contribution in [0.25, 0.3) is 0 Å². The summed E-state index contributed by atoms with van der Waals surface area (Å²) in [5.74, 6) is 0.655. The van der Waals surface area contributed by atoms with E-state index in [1.165, 1.54) is 31.9 Å². The number of ether oxygens (including phenoxy) is 1. The molecule has 1 aliphatic carbocycles. The maximum Gasteiger partial charge on any atom is 0.330 e. The number of fused-ring (bicyclic) bond motifs is 2. The van der Waals surface area contributed by atoms with Crippen LogP contribution in [0, 0.1) is 5.92 Å². The van der Waals surface area contributed by atoms with E-state index in [0.29, 0.717) is 6.04 Å². The molecule has 2 unspecified atom stereocenters. The van der Waals surface area contributed by atoms with Crippen LogP contribution in [0.4, 0.5) is 0 Å². The highest BCUT2D eigenvalue weighted by Gasteiger charge is 2.29. The monoisotopic (exact) mass is 195 g/mol. The van der Waals surface area contributed by atoms with E-state index in [0.717, 1.165) is 18.9 Å². The fourth-order valence-electron chi connectivity index (χ4n) is 2.47. The fraction of sp³-hybridized carbons (Fsp3) is 0.727. The van der Waals surface area contributed by atoms with Crippen LogP contribution in [0.3, 0.4) is 0 Å². The molecular weight excluding hydrogens is 178 g/mol. The van der Waals surface area contributed by atoms with Gasteiger partial charge in [0.1, 0.15) is 0 Å². The average Bonchev–Trinajstić information content (AvgIpc) is 2.23. The smallest absolute Gasteiger partial charge is 0.330 e. The van der Waals surface area contributed by atoms with Crippen molar-refractivity contribution in [1.29, 1.82) is 0 Å². The van der Waals surface area contributed by atoms with Gasteiger partial charge in [-0.3, -0.25) is 0 Å². The van der Waals surface area contributed by atoms with Crippen molar-refractivity contribution in [2.24, 2.45) is 5.92 Å². The average molecular weight is 195 g/mol. The van der Waals surface area contributed by atoms with Crippen molar-refractivity contribution in [3.63, 3.8) is 0 Å². The van der Waals surface area contributed by atoms with Crippen molar-refractivity contribution in [1.82, 2.24) is 5.32 Å². The summed E-state index contributed by atoms with van der Waals surface area (Å²) < 4.78 is 4.65. The van der Waals surface area contributed by atoms with Gasteiger partial charge in [-0.2, -0.15) is 0 Å². The minimum atomic E-state index is -0.217. The molecule has 2 fully saturated rings. The Hall–Kier alpha value is -0.830. The van der Waals surface area contributed by atoms with Gasteiger partial charge in [0, 0.05) is 12.1 Å². The van der Waals surface area contributed by atoms with Crippen LogP contribution in [-0.4, -0.2) is 25.7 Å². The van der Waals surface area contributed by atoms with Gasteiger partial charge < -0.3 is 10.1 Å². The Balaban J connectivity index is 2.05. The highest BCUT2D eigenvalue weighted by atomic mass is 16.5. The molecule has 3 heteroatoms. The van der Waals surface area contributed by atoms with Gasteiger partial charge in [-0.25, -0.2) is 4.79 Å². The van der Waals surface area contributed by atoms with E-state index in [1.54, 1.807) is 6.08 Å². The predicted molar refractivity (Wildman–Crippen MR) is 53.8 cm³/mol. The Kier molecular flexibility index (Phi) is 2.87. The molecule has 0 aromatic carbocycles. The first kappa shape index (κ1) is 9.71. The van der Waals surface area contributed by atoms with Crippen molar-refractivity contribution >= 4 is 5.97 Å². The first-order chi connectivity index (χ1) is 6.79. The van der Waals surface area contributed by atoms with Gasteiger partial charge >= 0.3 is 5.97 Å². The molecule has 0 radical (unpaired) electrons. The third kappa shape index (κ3) is 1.98. The molecule has 0 aromatic heterocycles. The van der Waals surface area contributed by atoms with Crippen molar-refractivity contribution < 1.29 is 9.53 Å². The molecule has 1 saturated carbocycles. The molecule has 1 aliphatic heterocycles. The molecule has 2 bridgehead atoms. The first-order valence-electron chi connectivity index (χ1n) is 5.31. The standard InChI is InChI=1S/C11H17NO2/c1-14-11(13)7-9-3-2-8-4-5-12-10(9)6-8/h7-8,10,12H,2-6H2,1H3/b9-7-. The van der Waals surface area contributed by atoms with Crippen molar-refractivity contribution in [2.45, 2.75) is 31.7 Å². The molecule has 0 spiro atoms. The molecule has 1 saturated heterocycles. The highest BCUT2D eigenvalue weighted by molar-refractivity contribution is 5.82. The van der Waals surface area contributed by atoms with Gasteiger partial charge in [-0.05, 0) is 43.7 Å². The van der Waals surface area contributed by atoms with Crippen LogP contribution >= 0.6 is 0 Å². The Bertz CT molecular complexity index is 260. The van der Waals surface area contributed by atoms with Crippen LogP contribution in [-0.2, 0) is 9.53 Å². The zero-order valence-corrected chi connectivity index (χ0v) is 8.58. The van der Waals surface area contributed by atoms with Crippen molar-refractivity contribution in [2.75, 3.05) is 13.7 Å². The molecule has 1 heterocycles. The minimum Gasteiger partial charge on any atom is -0.466 e. The molecule has 2 rings (SSSR count). The SMILES string of the molecule is COC(=O)/C=C1/CCC2CCNC1C2. The number of carbonyl (C=O) groups is 1. The molecule has 2 atom stereocenters. The Morgan fingerprint density at radius 2 is 2.43 bits per heavy atom. The molecule has 3 nitrogen and oxygen atoms in total. The van der Waals surface area contributed by atoms with E-state index in [2.05, 4.69) is 10.1 Å². The van der Waals surface area contributed by atoms with Crippen LogP contribution in [0.5, 0.6) is 0 Å². The van der Waals surface area contributed by atoms with E-state index >= 15 is 0 Å². The Morgan fingerprint density at radius 1 is 1.57 bits per heavy atom. The van der Waals surface area contributed by atoms with Gasteiger partial charge in [-0.1, -0.05) is 0 Å². The largest absolute Gasteiger partial charge is 0.466 e. The van der Waals surface area contributed by atoms with Crippen molar-refractivity contribution in [3.05, 3.63) is 11.6 Å². The number of hydrogen-bond donors (Lipinski definition) is 1. The second-order valence-corrected chi connectivity index (χ2v) is 4.18. The van der Waals surface area contributed by atoms with Crippen LogP contribution in [0.15, 0.2) is 11.6 Å². The molecule has 1 N–H and O–H groups in total. The zero-order valence-electron chi connectivity index (χ0n) is 8.58. The van der Waals surface area contributed by atoms with E-state index < -0.39 is 0 Å². The number of carbonyl (C=O) groups excluding carboxylic acids is 1. The predicted octanol–water partition coefficient (Wildman–Crippen LogP) is 1.25. The van der Waals surface area contributed by atoms with Gasteiger partial charge in [0.05, 0.1) is 7.11 Å². The van der Waals surface area contributed by atoms with Crippen LogP contribution < -0.4 is 5.32 Å². The third-order valence-corrected chi connectivity index (χ3v) is 3.31. The lowest BCUT2D eigenvalue weighted by Gasteiger charge is -2.37. The normalized spacial score (nSPS) is 34.2. The fourth-order valence-corrected chi connectivity index (χ4v) is 2.47. The summed E-state index contributed by atoms with van der Waals surface area (Å²) in [6.07, 6.45) is 6.45. The number of hydrogen-bond acceptors (Lipinski definition) is 3. The molecule has 78 valence electrons. The van der Waals surface area contributed by atoms with Gasteiger partial charge in [0.2, 0.25) is 0 Å². The zero-order chi connectivity index (χ0) is 9.97. The number of esters is 1. The van der Waals surface area contributed by atoms with Crippen molar-refractivity contribution in [3.8, 4) is 0 Å². The summed E-state index contributed by atoms with van der Waals surface area (Å²) in [6, 6.07) is 0.432. The summed E-state index contributed by atoms with van der Waals surface area (Å²) in [5, 5.41) is 3.45. The van der Waals surface area contributed by atoms with E-state index in [-0.39, 0.29) is 5.97 Å². The Labute approximate surface area is 84.5 Å². The number of methoxy groups -OCH3 is 1. The number of piperidine rings is 1. The summed E-state index contributed by atoms with van der Waals surface area (Å²) in [7, 11) is 1.43. The highest BCUT2D eigenvalue weighted by Crippen LogP contribution is 2.33. The second-order valence-electron chi connectivity index (χ2n) is 4.18. The molecule has 0 aromatic rings. The lowest BCUT2D eigenvalue weighted by Crippen LogP contribution is -2.42. The summed E-state index contributed by atoms with van der Waals surface area (Å²) in [4.78, 5) is 11.1. The number of nitrogens with one attached hydrogen (secondary N) is 1. The summed E-state index contributed by atoms with van der Waals surface area (Å²) in [5.41, 5.74) is 1.23. The quantitative estimate of drug-likeness (QED) is 0.505. The third-order valence-electron chi connectivity index (χ3n) is 3.31.